The van der Waals surface area contributed by atoms with Crippen molar-refractivity contribution in [2.75, 3.05) is 20.8 Å². The number of methoxy groups -OCH3 is 2. The molecule has 0 saturated carbocycles. The second-order valence-corrected chi connectivity index (χ2v) is 5.60. The van der Waals surface area contributed by atoms with Gasteiger partial charge in [0.15, 0.2) is 0 Å². The number of rotatable bonds is 2. The van der Waals surface area contributed by atoms with Gasteiger partial charge in [0.05, 0.1) is 13.7 Å². The Balaban J connectivity index is 2.15. The van der Waals surface area contributed by atoms with E-state index in [9.17, 15) is 9.59 Å². The Morgan fingerprint density at radius 2 is 2.15 bits per heavy atom. The van der Waals surface area contributed by atoms with Gasteiger partial charge in [-0.1, -0.05) is 19.1 Å². The Bertz CT molecular complexity index is 520. The molecule has 5 nitrogen and oxygen atoms in total. The minimum atomic E-state index is -1.24. The zero-order valence-corrected chi connectivity index (χ0v) is 11.8. The van der Waals surface area contributed by atoms with E-state index in [0.717, 1.165) is 0 Å². The lowest BCUT2D eigenvalue weighted by Crippen LogP contribution is -2.54. The van der Waals surface area contributed by atoms with E-state index in [1.54, 1.807) is 0 Å². The van der Waals surface area contributed by atoms with Crippen LogP contribution in [-0.2, 0) is 23.8 Å². The number of ketones is 1. The molecule has 1 fully saturated rings. The molecular formula is C15H18O5. The van der Waals surface area contributed by atoms with Gasteiger partial charge < -0.3 is 14.2 Å². The summed E-state index contributed by atoms with van der Waals surface area (Å²) in [6, 6.07) is 0. The third-order valence-electron chi connectivity index (χ3n) is 4.72. The van der Waals surface area contributed by atoms with Gasteiger partial charge in [-0.25, -0.2) is 4.79 Å². The fourth-order valence-corrected chi connectivity index (χ4v) is 3.80. The molecule has 0 bridgehead atoms. The molecule has 0 aromatic rings. The zero-order valence-electron chi connectivity index (χ0n) is 11.8. The van der Waals surface area contributed by atoms with Crippen molar-refractivity contribution in [1.29, 1.82) is 0 Å². The summed E-state index contributed by atoms with van der Waals surface area (Å²) in [7, 11) is 2.81. The standard InChI is InChI=1S/C15H18O5/c1-8-4-5-9-7-20-15(19-3)11(16)6-10(14(17)18-2)12(8)13(9)15/h4-6,8-9,12-13H,7H2,1-3H3/t8-,9-,12+,13+,15-/m0/s1. The van der Waals surface area contributed by atoms with E-state index in [1.807, 2.05) is 6.92 Å². The molecule has 20 heavy (non-hydrogen) atoms. The number of esters is 1. The summed E-state index contributed by atoms with van der Waals surface area (Å²) in [6.07, 6.45) is 5.49. The second kappa shape index (κ2) is 4.53. The van der Waals surface area contributed by atoms with Gasteiger partial charge in [-0.15, -0.1) is 0 Å². The van der Waals surface area contributed by atoms with E-state index in [-0.39, 0.29) is 29.5 Å². The van der Waals surface area contributed by atoms with Crippen molar-refractivity contribution >= 4 is 11.8 Å². The first-order valence-corrected chi connectivity index (χ1v) is 6.77. The molecular weight excluding hydrogens is 260 g/mol. The molecule has 0 N–H and O–H groups in total. The van der Waals surface area contributed by atoms with Crippen LogP contribution in [-0.4, -0.2) is 38.4 Å². The van der Waals surface area contributed by atoms with Gasteiger partial charge >= 0.3 is 5.97 Å². The molecule has 0 amide bonds. The average molecular weight is 278 g/mol. The largest absolute Gasteiger partial charge is 0.466 e. The first kappa shape index (κ1) is 13.5. The molecule has 0 spiro atoms. The highest BCUT2D eigenvalue weighted by atomic mass is 16.7. The molecule has 3 rings (SSSR count). The van der Waals surface area contributed by atoms with Gasteiger partial charge in [0.2, 0.25) is 11.6 Å². The number of ether oxygens (including phenoxy) is 3. The van der Waals surface area contributed by atoms with Crippen LogP contribution in [0, 0.1) is 23.7 Å². The normalized spacial score (nSPS) is 42.1. The summed E-state index contributed by atoms with van der Waals surface area (Å²) >= 11 is 0. The lowest BCUT2D eigenvalue weighted by Gasteiger charge is -2.44. The van der Waals surface area contributed by atoms with E-state index in [2.05, 4.69) is 12.2 Å². The van der Waals surface area contributed by atoms with Crippen LogP contribution < -0.4 is 0 Å². The molecule has 0 radical (unpaired) electrons. The Morgan fingerprint density at radius 3 is 2.80 bits per heavy atom. The molecule has 108 valence electrons. The van der Waals surface area contributed by atoms with Crippen LogP contribution in [0.15, 0.2) is 23.8 Å². The van der Waals surface area contributed by atoms with E-state index in [1.165, 1.54) is 20.3 Å². The van der Waals surface area contributed by atoms with Crippen molar-refractivity contribution in [2.24, 2.45) is 23.7 Å². The van der Waals surface area contributed by atoms with Gasteiger partial charge in [-0.2, -0.15) is 0 Å². The smallest absolute Gasteiger partial charge is 0.334 e. The van der Waals surface area contributed by atoms with Crippen molar-refractivity contribution in [1.82, 2.24) is 0 Å². The number of hydrogen-bond acceptors (Lipinski definition) is 5. The lowest BCUT2D eigenvalue weighted by molar-refractivity contribution is -0.217. The predicted octanol–water partition coefficient (Wildman–Crippen LogP) is 1.10. The van der Waals surface area contributed by atoms with Gasteiger partial charge in [0.1, 0.15) is 0 Å². The van der Waals surface area contributed by atoms with Crippen LogP contribution in [0.3, 0.4) is 0 Å². The van der Waals surface area contributed by atoms with Crippen LogP contribution in [0.2, 0.25) is 0 Å². The molecule has 5 atom stereocenters. The van der Waals surface area contributed by atoms with Crippen LogP contribution in [0.4, 0.5) is 0 Å². The number of hydrogen-bond donors (Lipinski definition) is 0. The Morgan fingerprint density at radius 1 is 1.40 bits per heavy atom. The molecule has 1 aliphatic heterocycles. The molecule has 0 aromatic heterocycles. The molecule has 0 unspecified atom stereocenters. The van der Waals surface area contributed by atoms with Crippen molar-refractivity contribution in [3.8, 4) is 0 Å². The Labute approximate surface area is 117 Å². The summed E-state index contributed by atoms with van der Waals surface area (Å²) in [5.74, 6) is -2.05. The second-order valence-electron chi connectivity index (χ2n) is 5.60. The number of carbonyl (C=O) groups excluding carboxylic acids is 2. The highest BCUT2D eigenvalue weighted by Gasteiger charge is 2.62. The van der Waals surface area contributed by atoms with Gasteiger partial charge in [-0.3, -0.25) is 4.79 Å². The first-order valence-electron chi connectivity index (χ1n) is 6.77. The van der Waals surface area contributed by atoms with E-state index >= 15 is 0 Å². The van der Waals surface area contributed by atoms with Gasteiger partial charge in [-0.05, 0) is 12.0 Å². The topological polar surface area (TPSA) is 61.8 Å². The summed E-state index contributed by atoms with van der Waals surface area (Å²) < 4.78 is 16.0. The molecule has 0 aromatic carbocycles. The van der Waals surface area contributed by atoms with Crippen molar-refractivity contribution < 1.29 is 23.8 Å². The van der Waals surface area contributed by atoms with Crippen molar-refractivity contribution in [3.05, 3.63) is 23.8 Å². The Hall–Kier alpha value is -1.46. The summed E-state index contributed by atoms with van der Waals surface area (Å²) in [5, 5.41) is 0. The highest BCUT2D eigenvalue weighted by molar-refractivity contribution is 6.05. The lowest BCUT2D eigenvalue weighted by atomic mass is 9.62. The van der Waals surface area contributed by atoms with E-state index in [0.29, 0.717) is 12.2 Å². The maximum absolute atomic E-state index is 12.4. The average Bonchev–Trinajstić information content (AvgIpc) is 2.85. The molecule has 2 aliphatic carbocycles. The van der Waals surface area contributed by atoms with Gasteiger partial charge in [0.25, 0.3) is 0 Å². The molecule has 5 heteroatoms. The molecule has 3 aliphatic rings. The summed E-state index contributed by atoms with van der Waals surface area (Å²) in [6.45, 7) is 2.47. The molecule has 1 saturated heterocycles. The SMILES string of the molecule is COC(=O)C1=CC(=O)[C@]2(OC)OC[C@@H]3C=C[C@H](C)[C@H]1[C@@H]32. The first-order chi connectivity index (χ1) is 9.55. The number of carbonyl (C=O) groups is 2. The van der Waals surface area contributed by atoms with Crippen molar-refractivity contribution in [2.45, 2.75) is 12.7 Å². The minimum absolute atomic E-state index is 0.0912. The van der Waals surface area contributed by atoms with Crippen molar-refractivity contribution in [3.63, 3.8) is 0 Å². The van der Waals surface area contributed by atoms with Gasteiger partial charge in [0, 0.05) is 30.4 Å². The maximum atomic E-state index is 12.4. The van der Waals surface area contributed by atoms with Crippen LogP contribution in [0.5, 0.6) is 0 Å². The molecule has 1 heterocycles. The van der Waals surface area contributed by atoms with E-state index in [4.69, 9.17) is 14.2 Å². The third-order valence-corrected chi connectivity index (χ3v) is 4.72. The van der Waals surface area contributed by atoms with Crippen LogP contribution in [0.25, 0.3) is 0 Å². The fraction of sp³-hybridized carbons (Fsp3) is 0.600. The predicted molar refractivity (Wildman–Crippen MR) is 69.6 cm³/mol. The minimum Gasteiger partial charge on any atom is -0.466 e. The highest BCUT2D eigenvalue weighted by Crippen LogP contribution is 2.53. The fourth-order valence-electron chi connectivity index (χ4n) is 3.80. The van der Waals surface area contributed by atoms with Crippen LogP contribution in [0.1, 0.15) is 6.92 Å². The third kappa shape index (κ3) is 1.56. The van der Waals surface area contributed by atoms with E-state index < -0.39 is 11.8 Å². The number of allylic oxidation sites excluding steroid dienone is 1. The Kier molecular flexibility index (Phi) is 3.06. The summed E-state index contributed by atoms with van der Waals surface area (Å²) in [5.41, 5.74) is 0.433. The van der Waals surface area contributed by atoms with Crippen LogP contribution >= 0.6 is 0 Å². The quantitative estimate of drug-likeness (QED) is 0.559. The monoisotopic (exact) mass is 278 g/mol. The maximum Gasteiger partial charge on any atom is 0.334 e. The zero-order chi connectivity index (χ0) is 14.5. The summed E-state index contributed by atoms with van der Waals surface area (Å²) in [4.78, 5) is 24.4.